The molecule has 4 aliphatic carbocycles. The van der Waals surface area contributed by atoms with Gasteiger partial charge in [-0.3, -0.25) is 4.79 Å². The van der Waals surface area contributed by atoms with Gasteiger partial charge in [0.2, 0.25) is 0 Å². The summed E-state index contributed by atoms with van der Waals surface area (Å²) in [5, 5.41) is 9.68. The van der Waals surface area contributed by atoms with Gasteiger partial charge >= 0.3 is 5.97 Å². The third kappa shape index (κ3) is 2.16. The number of methoxy groups -OCH3 is 1. The van der Waals surface area contributed by atoms with Gasteiger partial charge in [-0.05, 0) is 80.0 Å². The molecule has 0 aromatic rings. The normalized spacial score (nSPS) is 50.5. The monoisotopic (exact) mass is 332 g/mol. The van der Waals surface area contributed by atoms with Gasteiger partial charge in [0.1, 0.15) is 0 Å². The maximum atomic E-state index is 11.8. The van der Waals surface area contributed by atoms with Gasteiger partial charge in [-0.25, -0.2) is 0 Å². The fourth-order valence-corrected chi connectivity index (χ4v) is 7.23. The molecule has 4 rings (SSSR count). The SMILES string of the molecule is CO[C@H]1CC[C@@]2(C)C(=CC[C@H]3[C@@H]4CC[C@H](C(=O)O)[C@@]4(C)CC[C@@H]32)C1. The standard InChI is InChI=1S/C21H32O3/c1-20-10-8-14(24-3)12-13(20)4-5-15-16-6-7-18(19(22)23)21(16,2)11-9-17(15)20/h4,14-18H,5-12H2,1-3H3,(H,22,23)/t14-,15-,16-,17-,18+,20-,21-/m0/s1. The Morgan fingerprint density at radius 1 is 1.17 bits per heavy atom. The van der Waals surface area contributed by atoms with E-state index in [4.69, 9.17) is 4.74 Å². The number of hydrogen-bond acceptors (Lipinski definition) is 2. The van der Waals surface area contributed by atoms with Gasteiger partial charge in [-0.1, -0.05) is 25.5 Å². The maximum absolute atomic E-state index is 11.8. The summed E-state index contributed by atoms with van der Waals surface area (Å²) in [4.78, 5) is 11.8. The molecule has 0 saturated heterocycles. The first-order chi connectivity index (χ1) is 11.4. The molecule has 0 unspecified atom stereocenters. The van der Waals surface area contributed by atoms with Crippen LogP contribution in [0.1, 0.15) is 65.2 Å². The molecule has 0 radical (unpaired) electrons. The lowest BCUT2D eigenvalue weighted by Gasteiger charge is -2.57. The van der Waals surface area contributed by atoms with Crippen LogP contribution in [0.15, 0.2) is 11.6 Å². The summed E-state index contributed by atoms with van der Waals surface area (Å²) in [6, 6.07) is 0. The number of rotatable bonds is 2. The minimum atomic E-state index is -0.558. The topological polar surface area (TPSA) is 46.5 Å². The van der Waals surface area contributed by atoms with E-state index in [1.807, 2.05) is 7.11 Å². The van der Waals surface area contributed by atoms with E-state index in [0.29, 0.717) is 23.4 Å². The lowest BCUT2D eigenvalue weighted by molar-refractivity contribution is -0.148. The minimum Gasteiger partial charge on any atom is -0.481 e. The van der Waals surface area contributed by atoms with Crippen LogP contribution in [-0.4, -0.2) is 24.3 Å². The molecule has 3 nitrogen and oxygen atoms in total. The van der Waals surface area contributed by atoms with Gasteiger partial charge in [0.15, 0.2) is 0 Å². The fraction of sp³-hybridized carbons (Fsp3) is 0.857. The molecule has 0 aromatic heterocycles. The summed E-state index contributed by atoms with van der Waals surface area (Å²) in [7, 11) is 1.84. The van der Waals surface area contributed by atoms with Crippen molar-refractivity contribution in [1.82, 2.24) is 0 Å². The summed E-state index contributed by atoms with van der Waals surface area (Å²) >= 11 is 0. The fourth-order valence-electron chi connectivity index (χ4n) is 7.23. The van der Waals surface area contributed by atoms with E-state index < -0.39 is 5.97 Å². The molecule has 3 heteroatoms. The van der Waals surface area contributed by atoms with Crippen LogP contribution < -0.4 is 0 Å². The Morgan fingerprint density at radius 3 is 2.67 bits per heavy atom. The summed E-state index contributed by atoms with van der Waals surface area (Å²) in [6.45, 7) is 4.77. The second-order valence-corrected chi connectivity index (χ2v) is 9.37. The molecule has 3 fully saturated rings. The van der Waals surface area contributed by atoms with E-state index >= 15 is 0 Å². The van der Waals surface area contributed by atoms with Crippen LogP contribution in [0, 0.1) is 34.5 Å². The van der Waals surface area contributed by atoms with Crippen LogP contribution >= 0.6 is 0 Å². The van der Waals surface area contributed by atoms with E-state index in [9.17, 15) is 9.90 Å². The first-order valence-electron chi connectivity index (χ1n) is 9.85. The van der Waals surface area contributed by atoms with Crippen molar-refractivity contribution in [1.29, 1.82) is 0 Å². The summed E-state index contributed by atoms with van der Waals surface area (Å²) in [5.41, 5.74) is 2.00. The highest BCUT2D eigenvalue weighted by atomic mass is 16.5. The number of fused-ring (bicyclic) bond motifs is 5. The van der Waals surface area contributed by atoms with Crippen molar-refractivity contribution in [2.75, 3.05) is 7.11 Å². The molecule has 24 heavy (non-hydrogen) atoms. The minimum absolute atomic E-state index is 0.0262. The largest absolute Gasteiger partial charge is 0.481 e. The number of carboxylic acid groups (broad SMARTS) is 1. The molecular formula is C21H32O3. The molecule has 4 aliphatic rings. The van der Waals surface area contributed by atoms with Crippen molar-refractivity contribution in [2.24, 2.45) is 34.5 Å². The van der Waals surface area contributed by atoms with E-state index in [0.717, 1.165) is 31.6 Å². The van der Waals surface area contributed by atoms with Gasteiger partial charge in [-0.15, -0.1) is 0 Å². The Bertz CT molecular complexity index is 567. The van der Waals surface area contributed by atoms with E-state index in [-0.39, 0.29) is 11.3 Å². The predicted octanol–water partition coefficient (Wildman–Crippen LogP) is 4.67. The highest BCUT2D eigenvalue weighted by Crippen LogP contribution is 2.66. The molecule has 0 bridgehead atoms. The smallest absolute Gasteiger partial charge is 0.307 e. The van der Waals surface area contributed by atoms with Crippen LogP contribution in [-0.2, 0) is 9.53 Å². The van der Waals surface area contributed by atoms with Crippen molar-refractivity contribution in [3.05, 3.63) is 11.6 Å². The number of ether oxygens (including phenoxy) is 1. The number of aliphatic carboxylic acids is 1. The maximum Gasteiger partial charge on any atom is 0.307 e. The zero-order valence-corrected chi connectivity index (χ0v) is 15.4. The Labute approximate surface area is 145 Å². The van der Waals surface area contributed by atoms with Crippen LogP contribution in [0.5, 0.6) is 0 Å². The lowest BCUT2D eigenvalue weighted by Crippen LogP contribution is -2.51. The zero-order chi connectivity index (χ0) is 17.1. The Balaban J connectivity index is 1.63. The molecule has 1 N–H and O–H groups in total. The summed E-state index contributed by atoms with van der Waals surface area (Å²) < 4.78 is 5.64. The van der Waals surface area contributed by atoms with Crippen LogP contribution in [0.2, 0.25) is 0 Å². The Hall–Kier alpha value is -0.830. The molecule has 0 amide bonds. The summed E-state index contributed by atoms with van der Waals surface area (Å²) in [5.74, 6) is 1.37. The third-order valence-electron chi connectivity index (χ3n) is 8.69. The van der Waals surface area contributed by atoms with Gasteiger partial charge in [0, 0.05) is 7.11 Å². The number of carboxylic acids is 1. The first-order valence-corrected chi connectivity index (χ1v) is 9.85. The van der Waals surface area contributed by atoms with Crippen molar-refractivity contribution >= 4 is 5.97 Å². The average Bonchev–Trinajstić information content (AvgIpc) is 2.91. The molecule has 0 aromatic carbocycles. The first kappa shape index (κ1) is 16.6. The van der Waals surface area contributed by atoms with Crippen molar-refractivity contribution in [3.63, 3.8) is 0 Å². The van der Waals surface area contributed by atoms with E-state index in [1.165, 1.54) is 25.7 Å². The van der Waals surface area contributed by atoms with Crippen molar-refractivity contribution in [2.45, 2.75) is 71.3 Å². The van der Waals surface area contributed by atoms with Crippen LogP contribution in [0.3, 0.4) is 0 Å². The van der Waals surface area contributed by atoms with Gasteiger partial charge in [0.25, 0.3) is 0 Å². The second-order valence-electron chi connectivity index (χ2n) is 9.37. The van der Waals surface area contributed by atoms with Gasteiger partial charge in [-0.2, -0.15) is 0 Å². The number of hydrogen-bond donors (Lipinski definition) is 1. The highest BCUT2D eigenvalue weighted by Gasteiger charge is 2.60. The average molecular weight is 332 g/mol. The van der Waals surface area contributed by atoms with Crippen molar-refractivity contribution in [3.8, 4) is 0 Å². The second kappa shape index (κ2) is 5.59. The van der Waals surface area contributed by atoms with Crippen LogP contribution in [0.4, 0.5) is 0 Å². The molecule has 134 valence electrons. The highest BCUT2D eigenvalue weighted by molar-refractivity contribution is 5.71. The van der Waals surface area contributed by atoms with Crippen molar-refractivity contribution < 1.29 is 14.6 Å². The van der Waals surface area contributed by atoms with Gasteiger partial charge in [0.05, 0.1) is 12.0 Å². The molecule has 0 spiro atoms. The van der Waals surface area contributed by atoms with E-state index in [2.05, 4.69) is 19.9 Å². The van der Waals surface area contributed by atoms with E-state index in [1.54, 1.807) is 5.57 Å². The lowest BCUT2D eigenvalue weighted by atomic mass is 9.47. The molecule has 7 atom stereocenters. The quantitative estimate of drug-likeness (QED) is 0.748. The molecule has 0 heterocycles. The summed E-state index contributed by atoms with van der Waals surface area (Å²) in [6.07, 6.45) is 11.9. The molecule has 0 aliphatic heterocycles. The third-order valence-corrected chi connectivity index (χ3v) is 8.69. The Morgan fingerprint density at radius 2 is 1.96 bits per heavy atom. The Kier molecular flexibility index (Phi) is 3.87. The molecular weight excluding hydrogens is 300 g/mol. The van der Waals surface area contributed by atoms with Gasteiger partial charge < -0.3 is 9.84 Å². The van der Waals surface area contributed by atoms with Crippen LogP contribution in [0.25, 0.3) is 0 Å². The number of carbonyl (C=O) groups is 1. The number of allylic oxidation sites excluding steroid dienone is 1. The predicted molar refractivity (Wildman–Crippen MR) is 93.6 cm³/mol. The molecule has 3 saturated carbocycles. The zero-order valence-electron chi connectivity index (χ0n) is 15.4.